The van der Waals surface area contributed by atoms with Crippen molar-refractivity contribution < 1.29 is 0 Å². The Labute approximate surface area is 121 Å². The van der Waals surface area contributed by atoms with Crippen LogP contribution in [-0.4, -0.2) is 37.0 Å². The summed E-state index contributed by atoms with van der Waals surface area (Å²) in [5.74, 6) is 4.35. The number of nitrogens with zero attached hydrogens (tertiary/aromatic N) is 3. The first-order chi connectivity index (χ1) is 9.18. The Morgan fingerprint density at radius 2 is 2.21 bits per heavy atom. The molecular weight excluding hydrogens is 276 g/mol. The topological polar surface area (TPSA) is 56.7 Å². The van der Waals surface area contributed by atoms with Gasteiger partial charge in [-0.1, -0.05) is 0 Å². The number of thioether (sulfide) groups is 2. The van der Waals surface area contributed by atoms with Gasteiger partial charge in [-0.05, 0) is 19.4 Å². The summed E-state index contributed by atoms with van der Waals surface area (Å²) in [6.07, 6.45) is 1.57. The van der Waals surface area contributed by atoms with E-state index in [2.05, 4.69) is 51.9 Å². The Morgan fingerprint density at radius 1 is 1.37 bits per heavy atom. The average molecular weight is 294 g/mol. The first-order valence-corrected chi connectivity index (χ1v) is 8.64. The maximum absolute atomic E-state index is 6.00. The molecule has 2 aromatic rings. The summed E-state index contributed by atoms with van der Waals surface area (Å²) < 4.78 is 2.31. The average Bonchev–Trinajstić information content (AvgIpc) is 2.66. The van der Waals surface area contributed by atoms with Crippen LogP contribution in [0.2, 0.25) is 0 Å². The molecule has 0 aliphatic carbocycles. The van der Waals surface area contributed by atoms with E-state index in [-0.39, 0.29) is 0 Å². The highest BCUT2D eigenvalue weighted by molar-refractivity contribution is 8.06. The monoisotopic (exact) mass is 294 g/mol. The molecule has 1 unspecified atom stereocenters. The van der Waals surface area contributed by atoms with Crippen molar-refractivity contribution in [1.82, 2.24) is 14.5 Å². The molecule has 0 spiro atoms. The fourth-order valence-corrected chi connectivity index (χ4v) is 5.22. The van der Waals surface area contributed by atoms with Crippen LogP contribution in [0.5, 0.6) is 0 Å². The summed E-state index contributed by atoms with van der Waals surface area (Å²) in [6.45, 7) is 5.28. The van der Waals surface area contributed by atoms with Crippen LogP contribution in [0.4, 0.5) is 5.82 Å². The van der Waals surface area contributed by atoms with Crippen molar-refractivity contribution >= 4 is 40.4 Å². The number of aryl methyl sites for hydroxylation is 1. The molecule has 2 aromatic heterocycles. The molecule has 0 bridgehead atoms. The fraction of sp³-hybridized carbons (Fsp3) is 0.538. The van der Waals surface area contributed by atoms with Crippen LogP contribution in [0, 0.1) is 13.8 Å². The van der Waals surface area contributed by atoms with Crippen molar-refractivity contribution in [3.8, 4) is 0 Å². The van der Waals surface area contributed by atoms with E-state index in [9.17, 15) is 0 Å². The molecule has 4 nitrogen and oxygen atoms in total. The molecule has 1 atom stereocenters. The van der Waals surface area contributed by atoms with Crippen LogP contribution in [-0.2, 0) is 6.54 Å². The third-order valence-corrected chi connectivity index (χ3v) is 6.53. The molecule has 1 fully saturated rings. The molecule has 102 valence electrons. The van der Waals surface area contributed by atoms with Gasteiger partial charge in [-0.3, -0.25) is 0 Å². The lowest BCUT2D eigenvalue weighted by atomic mass is 10.2. The summed E-state index contributed by atoms with van der Waals surface area (Å²) in [5.41, 5.74) is 9.46. The van der Waals surface area contributed by atoms with E-state index in [1.165, 1.54) is 28.5 Å². The summed E-state index contributed by atoms with van der Waals surface area (Å²) >= 11 is 4.12. The zero-order valence-corrected chi connectivity index (χ0v) is 12.9. The first-order valence-electron chi connectivity index (χ1n) is 6.43. The summed E-state index contributed by atoms with van der Waals surface area (Å²) in [7, 11) is 0. The minimum Gasteiger partial charge on any atom is -0.383 e. The molecular formula is C13H18N4S2. The molecule has 0 radical (unpaired) electrons. The summed E-state index contributed by atoms with van der Waals surface area (Å²) in [6, 6.07) is 0. The van der Waals surface area contributed by atoms with Gasteiger partial charge < -0.3 is 10.3 Å². The predicted octanol–water partition coefficient (Wildman–Crippen LogP) is 2.48. The van der Waals surface area contributed by atoms with Gasteiger partial charge in [-0.25, -0.2) is 9.97 Å². The second kappa shape index (κ2) is 5.25. The van der Waals surface area contributed by atoms with Gasteiger partial charge >= 0.3 is 0 Å². The largest absolute Gasteiger partial charge is 0.383 e. The van der Waals surface area contributed by atoms with Gasteiger partial charge in [0.2, 0.25) is 0 Å². The number of hydrogen-bond donors (Lipinski definition) is 1. The predicted molar refractivity (Wildman–Crippen MR) is 85.0 cm³/mol. The molecule has 19 heavy (non-hydrogen) atoms. The van der Waals surface area contributed by atoms with Crippen molar-refractivity contribution in [1.29, 1.82) is 0 Å². The van der Waals surface area contributed by atoms with Gasteiger partial charge in [0.1, 0.15) is 17.8 Å². The standard InChI is InChI=1S/C13H18N4S2/c1-8-9(2)17(5-10-6-18-3-4-19-10)13-11(8)12(14)15-7-16-13/h7,10H,3-6H2,1-2H3,(H2,14,15,16). The van der Waals surface area contributed by atoms with Gasteiger partial charge in [0.05, 0.1) is 5.39 Å². The van der Waals surface area contributed by atoms with E-state index in [0.29, 0.717) is 11.1 Å². The Kier molecular flexibility index (Phi) is 3.62. The van der Waals surface area contributed by atoms with E-state index in [1.807, 2.05) is 0 Å². The maximum atomic E-state index is 6.00. The van der Waals surface area contributed by atoms with Crippen LogP contribution in [0.1, 0.15) is 11.3 Å². The van der Waals surface area contributed by atoms with Crippen molar-refractivity contribution in [2.75, 3.05) is 23.0 Å². The van der Waals surface area contributed by atoms with Crippen LogP contribution in [0.15, 0.2) is 6.33 Å². The number of rotatable bonds is 2. The second-order valence-electron chi connectivity index (χ2n) is 4.85. The molecule has 1 aliphatic heterocycles. The maximum Gasteiger partial charge on any atom is 0.145 e. The normalized spacial score (nSPS) is 20.0. The minimum absolute atomic E-state index is 0.593. The van der Waals surface area contributed by atoms with Gasteiger partial charge in [0.15, 0.2) is 0 Å². The molecule has 3 heterocycles. The molecule has 0 amide bonds. The van der Waals surface area contributed by atoms with E-state index < -0.39 is 0 Å². The van der Waals surface area contributed by atoms with E-state index in [0.717, 1.165) is 17.6 Å². The van der Waals surface area contributed by atoms with Gasteiger partial charge in [0.25, 0.3) is 0 Å². The highest BCUT2D eigenvalue weighted by Gasteiger charge is 2.20. The summed E-state index contributed by atoms with van der Waals surface area (Å²) in [5, 5.41) is 1.69. The zero-order chi connectivity index (χ0) is 13.4. The van der Waals surface area contributed by atoms with E-state index in [1.54, 1.807) is 6.33 Å². The number of anilines is 1. The number of aromatic nitrogens is 3. The van der Waals surface area contributed by atoms with Crippen molar-refractivity contribution in [3.05, 3.63) is 17.6 Å². The lowest BCUT2D eigenvalue weighted by Crippen LogP contribution is -2.21. The molecule has 1 saturated heterocycles. The quantitative estimate of drug-likeness (QED) is 0.922. The number of nitrogen functional groups attached to an aromatic ring is 1. The first kappa shape index (κ1) is 13.1. The zero-order valence-electron chi connectivity index (χ0n) is 11.2. The van der Waals surface area contributed by atoms with Gasteiger partial charge in [-0.2, -0.15) is 23.5 Å². The fourth-order valence-electron chi connectivity index (χ4n) is 2.57. The Bertz CT molecular complexity index is 602. The minimum atomic E-state index is 0.593. The molecule has 2 N–H and O–H groups in total. The molecule has 1 aliphatic rings. The van der Waals surface area contributed by atoms with Gasteiger partial charge in [0, 0.05) is 34.7 Å². The smallest absolute Gasteiger partial charge is 0.145 e. The lowest BCUT2D eigenvalue weighted by Gasteiger charge is -2.22. The number of hydrogen-bond acceptors (Lipinski definition) is 5. The van der Waals surface area contributed by atoms with Gasteiger partial charge in [-0.15, -0.1) is 0 Å². The van der Waals surface area contributed by atoms with Crippen LogP contribution >= 0.6 is 23.5 Å². The molecule has 6 heteroatoms. The SMILES string of the molecule is Cc1c(C)n(CC2CSCCS2)c2ncnc(N)c12. The van der Waals surface area contributed by atoms with Crippen molar-refractivity contribution in [2.45, 2.75) is 25.6 Å². The van der Waals surface area contributed by atoms with Crippen molar-refractivity contribution in [3.63, 3.8) is 0 Å². The second-order valence-corrected chi connectivity index (χ2v) is 7.40. The van der Waals surface area contributed by atoms with E-state index >= 15 is 0 Å². The Hall–Kier alpha value is -0.880. The Morgan fingerprint density at radius 3 is 2.95 bits per heavy atom. The van der Waals surface area contributed by atoms with Crippen LogP contribution in [0.3, 0.4) is 0 Å². The van der Waals surface area contributed by atoms with E-state index in [4.69, 9.17) is 5.73 Å². The van der Waals surface area contributed by atoms with Crippen LogP contribution < -0.4 is 5.73 Å². The summed E-state index contributed by atoms with van der Waals surface area (Å²) in [4.78, 5) is 8.56. The third-order valence-electron chi connectivity index (χ3n) is 3.71. The molecule has 3 rings (SSSR count). The Balaban J connectivity index is 2.03. The highest BCUT2D eigenvalue weighted by Crippen LogP contribution is 2.30. The highest BCUT2D eigenvalue weighted by atomic mass is 32.2. The van der Waals surface area contributed by atoms with Crippen LogP contribution in [0.25, 0.3) is 11.0 Å². The van der Waals surface area contributed by atoms with Crippen molar-refractivity contribution in [2.24, 2.45) is 0 Å². The lowest BCUT2D eigenvalue weighted by molar-refractivity contribution is 0.693. The molecule has 0 aromatic carbocycles. The molecule has 0 saturated carbocycles. The third kappa shape index (κ3) is 2.31. The number of nitrogens with two attached hydrogens (primary N) is 1. The number of fused-ring (bicyclic) bond motifs is 1.